The third-order valence-electron chi connectivity index (χ3n) is 6.31. The van der Waals surface area contributed by atoms with Crippen LogP contribution in [0.4, 0.5) is 0 Å². The third-order valence-corrected chi connectivity index (χ3v) is 6.31. The fourth-order valence-electron chi connectivity index (χ4n) is 4.81. The van der Waals surface area contributed by atoms with Gasteiger partial charge in [0.05, 0.1) is 18.1 Å². The standard InChI is InChI=1S/C23H27N3O3/c1-28-21-8-4-5-16-9-10-18(29-22(16)21)15-25-13-11-17(12-14-25)26-20-7-3-2-6-19(20)24-23(26)27/h2-8,17-18H,9-15H2,1H3,(H,24,27). The van der Waals surface area contributed by atoms with Gasteiger partial charge >= 0.3 is 5.69 Å². The average Bonchev–Trinajstić information content (AvgIpc) is 3.09. The van der Waals surface area contributed by atoms with Crippen LogP contribution in [-0.4, -0.2) is 47.3 Å². The van der Waals surface area contributed by atoms with Crippen molar-refractivity contribution in [3.05, 3.63) is 58.5 Å². The van der Waals surface area contributed by atoms with Crippen LogP contribution in [0.1, 0.15) is 30.9 Å². The first-order valence-electron chi connectivity index (χ1n) is 10.5. The van der Waals surface area contributed by atoms with Crippen LogP contribution in [0.5, 0.6) is 11.5 Å². The number of piperidine rings is 1. The van der Waals surface area contributed by atoms with Gasteiger partial charge in [0, 0.05) is 25.7 Å². The zero-order chi connectivity index (χ0) is 19.8. The van der Waals surface area contributed by atoms with Gasteiger partial charge in [-0.1, -0.05) is 24.3 Å². The predicted octanol–water partition coefficient (Wildman–Crippen LogP) is 3.37. The van der Waals surface area contributed by atoms with Crippen molar-refractivity contribution in [1.29, 1.82) is 0 Å². The maximum absolute atomic E-state index is 12.5. The number of hydrogen-bond donors (Lipinski definition) is 1. The highest BCUT2D eigenvalue weighted by Crippen LogP contribution is 2.37. The third kappa shape index (κ3) is 3.42. The largest absolute Gasteiger partial charge is 0.493 e. The van der Waals surface area contributed by atoms with Crippen LogP contribution in [0.3, 0.4) is 0 Å². The maximum Gasteiger partial charge on any atom is 0.326 e. The number of ether oxygens (including phenoxy) is 2. The summed E-state index contributed by atoms with van der Waals surface area (Å²) in [4.78, 5) is 17.9. The SMILES string of the molecule is COc1cccc2c1OC(CN1CCC(n3c(=O)[nH]c4ccccc43)CC1)CC2. The fraction of sp³-hybridized carbons (Fsp3) is 0.435. The number of nitrogens with one attached hydrogen (secondary N) is 1. The molecule has 0 bridgehead atoms. The quantitative estimate of drug-likeness (QED) is 0.738. The van der Waals surface area contributed by atoms with Crippen LogP contribution in [0.2, 0.25) is 0 Å². The van der Waals surface area contributed by atoms with Crippen molar-refractivity contribution in [3.8, 4) is 11.5 Å². The molecule has 1 aromatic heterocycles. The van der Waals surface area contributed by atoms with Crippen molar-refractivity contribution in [1.82, 2.24) is 14.5 Å². The second-order valence-corrected chi connectivity index (χ2v) is 8.08. The lowest BCUT2D eigenvalue weighted by molar-refractivity contribution is 0.0901. The average molecular weight is 393 g/mol. The minimum Gasteiger partial charge on any atom is -0.493 e. The van der Waals surface area contributed by atoms with Crippen LogP contribution in [0.25, 0.3) is 11.0 Å². The van der Waals surface area contributed by atoms with Crippen molar-refractivity contribution < 1.29 is 9.47 Å². The minimum atomic E-state index is 0.00367. The van der Waals surface area contributed by atoms with E-state index in [0.29, 0.717) is 0 Å². The molecule has 6 nitrogen and oxygen atoms in total. The van der Waals surface area contributed by atoms with E-state index in [-0.39, 0.29) is 17.8 Å². The van der Waals surface area contributed by atoms with Crippen LogP contribution in [0, 0.1) is 0 Å². The summed E-state index contributed by atoms with van der Waals surface area (Å²) in [6, 6.07) is 14.3. The van der Waals surface area contributed by atoms with E-state index < -0.39 is 0 Å². The summed E-state index contributed by atoms with van der Waals surface area (Å²) in [6.07, 6.45) is 4.20. The van der Waals surface area contributed by atoms with Crippen LogP contribution in [-0.2, 0) is 6.42 Å². The highest BCUT2D eigenvalue weighted by Gasteiger charge is 2.28. The molecule has 1 N–H and O–H groups in total. The molecular weight excluding hydrogens is 366 g/mol. The summed E-state index contributed by atoms with van der Waals surface area (Å²) in [6.45, 7) is 2.89. The number of aromatic nitrogens is 2. The summed E-state index contributed by atoms with van der Waals surface area (Å²) in [5.41, 5.74) is 3.17. The van der Waals surface area contributed by atoms with Crippen molar-refractivity contribution in [2.75, 3.05) is 26.7 Å². The number of rotatable bonds is 4. The Hall–Kier alpha value is -2.73. The summed E-state index contributed by atoms with van der Waals surface area (Å²) >= 11 is 0. The highest BCUT2D eigenvalue weighted by atomic mass is 16.5. The molecule has 1 atom stereocenters. The number of nitrogens with zero attached hydrogens (tertiary/aromatic N) is 2. The highest BCUT2D eigenvalue weighted by molar-refractivity contribution is 5.75. The number of H-pyrrole nitrogens is 1. The molecule has 0 amide bonds. The molecular formula is C23H27N3O3. The Bertz CT molecular complexity index is 1050. The summed E-state index contributed by atoms with van der Waals surface area (Å²) in [7, 11) is 1.69. The second-order valence-electron chi connectivity index (χ2n) is 8.08. The van der Waals surface area contributed by atoms with Crippen LogP contribution >= 0.6 is 0 Å². The summed E-state index contributed by atoms with van der Waals surface area (Å²) in [5, 5.41) is 0. The molecule has 0 saturated carbocycles. The van der Waals surface area contributed by atoms with Gasteiger partial charge in [0.2, 0.25) is 0 Å². The number of likely N-dealkylation sites (tertiary alicyclic amines) is 1. The van der Waals surface area contributed by atoms with E-state index in [4.69, 9.17) is 9.47 Å². The van der Waals surface area contributed by atoms with E-state index in [1.165, 1.54) is 5.56 Å². The molecule has 5 rings (SSSR count). The molecule has 6 heteroatoms. The van der Waals surface area contributed by atoms with E-state index in [1.54, 1.807) is 7.11 Å². The molecule has 2 aliphatic rings. The van der Waals surface area contributed by atoms with Crippen molar-refractivity contribution in [3.63, 3.8) is 0 Å². The van der Waals surface area contributed by atoms with Gasteiger partial charge in [-0.2, -0.15) is 0 Å². The van der Waals surface area contributed by atoms with Crippen LogP contribution in [0.15, 0.2) is 47.3 Å². The molecule has 1 saturated heterocycles. The number of imidazole rings is 1. The number of hydrogen-bond acceptors (Lipinski definition) is 4. The Morgan fingerprint density at radius 2 is 1.93 bits per heavy atom. The minimum absolute atomic E-state index is 0.00367. The first-order valence-corrected chi connectivity index (χ1v) is 10.5. The predicted molar refractivity (Wildman–Crippen MR) is 113 cm³/mol. The molecule has 0 spiro atoms. The molecule has 3 aromatic rings. The Balaban J connectivity index is 1.24. The number of methoxy groups -OCH3 is 1. The topological polar surface area (TPSA) is 59.5 Å². The van der Waals surface area contributed by atoms with Gasteiger partial charge in [-0.3, -0.25) is 9.47 Å². The van der Waals surface area contributed by atoms with E-state index in [0.717, 1.165) is 67.8 Å². The van der Waals surface area contributed by atoms with Gasteiger partial charge in [-0.05, 0) is 49.4 Å². The van der Waals surface area contributed by atoms with Crippen molar-refractivity contribution in [2.24, 2.45) is 0 Å². The molecule has 0 radical (unpaired) electrons. The smallest absolute Gasteiger partial charge is 0.326 e. The Morgan fingerprint density at radius 1 is 1.10 bits per heavy atom. The Kier molecular flexibility index (Phi) is 4.79. The summed E-state index contributed by atoms with van der Waals surface area (Å²) in [5.74, 6) is 1.73. The lowest BCUT2D eigenvalue weighted by Gasteiger charge is -2.36. The molecule has 3 heterocycles. The maximum atomic E-state index is 12.5. The van der Waals surface area contributed by atoms with Gasteiger partial charge in [0.1, 0.15) is 6.10 Å². The van der Waals surface area contributed by atoms with E-state index in [9.17, 15) is 4.79 Å². The van der Waals surface area contributed by atoms with E-state index in [2.05, 4.69) is 16.0 Å². The number of aryl methyl sites for hydroxylation is 1. The van der Waals surface area contributed by atoms with Gasteiger partial charge < -0.3 is 14.5 Å². The molecule has 1 fully saturated rings. The normalized spacial score (nSPS) is 20.4. The number of benzene rings is 2. The van der Waals surface area contributed by atoms with Gasteiger partial charge in [-0.25, -0.2) is 4.79 Å². The van der Waals surface area contributed by atoms with E-state index >= 15 is 0 Å². The Morgan fingerprint density at radius 3 is 2.76 bits per heavy atom. The van der Waals surface area contributed by atoms with Crippen molar-refractivity contribution >= 4 is 11.0 Å². The zero-order valence-electron chi connectivity index (χ0n) is 16.8. The van der Waals surface area contributed by atoms with E-state index in [1.807, 2.05) is 41.0 Å². The van der Waals surface area contributed by atoms with Gasteiger partial charge in [0.25, 0.3) is 0 Å². The molecule has 29 heavy (non-hydrogen) atoms. The Labute approximate surface area is 170 Å². The van der Waals surface area contributed by atoms with Crippen molar-refractivity contribution in [2.45, 2.75) is 37.8 Å². The number of para-hydroxylation sites is 3. The lowest BCUT2D eigenvalue weighted by Crippen LogP contribution is -2.43. The second kappa shape index (κ2) is 7.59. The first-order chi connectivity index (χ1) is 14.2. The van der Waals surface area contributed by atoms with Gasteiger partial charge in [0.15, 0.2) is 11.5 Å². The number of fused-ring (bicyclic) bond motifs is 2. The van der Waals surface area contributed by atoms with Crippen LogP contribution < -0.4 is 15.2 Å². The molecule has 1 unspecified atom stereocenters. The molecule has 152 valence electrons. The molecule has 2 aliphatic heterocycles. The monoisotopic (exact) mass is 393 g/mol. The lowest BCUT2D eigenvalue weighted by atomic mass is 9.99. The molecule has 0 aliphatic carbocycles. The first kappa shape index (κ1) is 18.3. The zero-order valence-corrected chi connectivity index (χ0v) is 16.8. The molecule has 2 aromatic carbocycles. The summed E-state index contributed by atoms with van der Waals surface area (Å²) < 4.78 is 13.7. The number of aromatic amines is 1. The van der Waals surface area contributed by atoms with Gasteiger partial charge in [-0.15, -0.1) is 0 Å². The fourth-order valence-corrected chi connectivity index (χ4v) is 4.81.